The van der Waals surface area contributed by atoms with Crippen LogP contribution in [-0.2, 0) is 0 Å². The third-order valence-electron chi connectivity index (χ3n) is 3.55. The first-order chi connectivity index (χ1) is 10.1. The van der Waals surface area contributed by atoms with Crippen molar-refractivity contribution in [3.05, 3.63) is 70.5 Å². The van der Waals surface area contributed by atoms with E-state index in [1.54, 1.807) is 6.07 Å². The summed E-state index contributed by atoms with van der Waals surface area (Å²) in [5.74, 6) is 0.246. The first-order valence-corrected chi connectivity index (χ1v) is 6.87. The van der Waals surface area contributed by atoms with Crippen molar-refractivity contribution in [1.29, 1.82) is 0 Å². The average molecular weight is 294 g/mol. The number of fused-ring (bicyclic) bond motifs is 1. The molecule has 0 aliphatic heterocycles. The molecular weight excluding hydrogens is 282 g/mol. The first kappa shape index (κ1) is 13.5. The van der Waals surface area contributed by atoms with Gasteiger partial charge in [-0.05, 0) is 64.7 Å². The SMILES string of the molecule is [C-]#[N+]c1cc(-c2ccc(C)c(O)c2)c2cc(Cl)ccc2c1. The molecule has 0 saturated heterocycles. The molecule has 0 radical (unpaired) electrons. The van der Waals surface area contributed by atoms with E-state index in [9.17, 15) is 5.11 Å². The second-order valence-corrected chi connectivity index (χ2v) is 5.41. The summed E-state index contributed by atoms with van der Waals surface area (Å²) in [6.45, 7) is 9.10. The van der Waals surface area contributed by atoms with Gasteiger partial charge in [0, 0.05) is 5.02 Å². The maximum atomic E-state index is 9.93. The van der Waals surface area contributed by atoms with Gasteiger partial charge in [-0.25, -0.2) is 4.85 Å². The predicted octanol–water partition coefficient (Wildman–Crippen LogP) is 5.73. The quantitative estimate of drug-likeness (QED) is 0.570. The predicted molar refractivity (Wildman–Crippen MR) is 87.1 cm³/mol. The monoisotopic (exact) mass is 293 g/mol. The minimum absolute atomic E-state index is 0.246. The minimum atomic E-state index is 0.246. The van der Waals surface area contributed by atoms with E-state index in [-0.39, 0.29) is 5.75 Å². The fourth-order valence-corrected chi connectivity index (χ4v) is 2.57. The molecule has 0 unspecified atom stereocenters. The van der Waals surface area contributed by atoms with Gasteiger partial charge in [0.2, 0.25) is 0 Å². The summed E-state index contributed by atoms with van der Waals surface area (Å²) in [6.07, 6.45) is 0. The number of aromatic hydroxyl groups is 1. The smallest absolute Gasteiger partial charge is 0.188 e. The summed E-state index contributed by atoms with van der Waals surface area (Å²) in [5, 5.41) is 12.5. The van der Waals surface area contributed by atoms with E-state index in [2.05, 4.69) is 4.85 Å². The minimum Gasteiger partial charge on any atom is -0.508 e. The Morgan fingerprint density at radius 1 is 1.05 bits per heavy atom. The van der Waals surface area contributed by atoms with Crippen molar-refractivity contribution < 1.29 is 5.11 Å². The number of nitrogens with zero attached hydrogens (tertiary/aromatic N) is 1. The average Bonchev–Trinajstić information content (AvgIpc) is 2.49. The molecule has 0 aromatic heterocycles. The van der Waals surface area contributed by atoms with Crippen LogP contribution in [-0.4, -0.2) is 5.11 Å². The molecule has 0 saturated carbocycles. The maximum absolute atomic E-state index is 9.93. The molecule has 1 N–H and O–H groups in total. The Bertz CT molecular complexity index is 894. The second kappa shape index (κ2) is 5.12. The molecule has 3 aromatic carbocycles. The molecule has 0 spiro atoms. The molecule has 0 bridgehead atoms. The highest BCUT2D eigenvalue weighted by Gasteiger charge is 2.09. The Morgan fingerprint density at radius 2 is 1.86 bits per heavy atom. The zero-order chi connectivity index (χ0) is 15.0. The van der Waals surface area contributed by atoms with Crippen molar-refractivity contribution in [2.45, 2.75) is 6.92 Å². The number of halogens is 1. The first-order valence-electron chi connectivity index (χ1n) is 6.49. The molecule has 3 rings (SSSR count). The van der Waals surface area contributed by atoms with E-state index in [1.807, 2.05) is 49.4 Å². The number of benzene rings is 3. The van der Waals surface area contributed by atoms with Crippen molar-refractivity contribution in [2.75, 3.05) is 0 Å². The molecule has 2 nitrogen and oxygen atoms in total. The summed E-state index contributed by atoms with van der Waals surface area (Å²) in [4.78, 5) is 3.52. The van der Waals surface area contributed by atoms with Gasteiger partial charge in [0.1, 0.15) is 5.75 Å². The molecule has 3 heteroatoms. The fraction of sp³-hybridized carbons (Fsp3) is 0.0556. The van der Waals surface area contributed by atoms with Gasteiger partial charge in [0.15, 0.2) is 5.69 Å². The maximum Gasteiger partial charge on any atom is 0.188 e. The molecule has 0 aliphatic carbocycles. The van der Waals surface area contributed by atoms with Gasteiger partial charge in [-0.3, -0.25) is 0 Å². The highest BCUT2D eigenvalue weighted by atomic mass is 35.5. The standard InChI is InChI=1S/C18H12ClNO/c1-11-3-4-13(8-18(11)21)17-10-15(20-2)7-12-5-6-14(19)9-16(12)17/h3-10,21H,1H3. The summed E-state index contributed by atoms with van der Waals surface area (Å²) < 4.78 is 0. The van der Waals surface area contributed by atoms with Gasteiger partial charge in [-0.15, -0.1) is 0 Å². The van der Waals surface area contributed by atoms with E-state index in [0.717, 1.165) is 27.5 Å². The van der Waals surface area contributed by atoms with Crippen molar-refractivity contribution in [1.82, 2.24) is 0 Å². The highest BCUT2D eigenvalue weighted by Crippen LogP contribution is 2.36. The van der Waals surface area contributed by atoms with Gasteiger partial charge < -0.3 is 5.11 Å². The van der Waals surface area contributed by atoms with Crippen LogP contribution in [0.5, 0.6) is 5.75 Å². The fourth-order valence-electron chi connectivity index (χ4n) is 2.39. The Kier molecular flexibility index (Phi) is 3.29. The van der Waals surface area contributed by atoms with E-state index in [4.69, 9.17) is 18.2 Å². The zero-order valence-corrected chi connectivity index (χ0v) is 12.1. The molecule has 0 amide bonds. The molecule has 0 aliphatic rings. The van der Waals surface area contributed by atoms with Crippen LogP contribution in [0.3, 0.4) is 0 Å². The highest BCUT2D eigenvalue weighted by molar-refractivity contribution is 6.31. The van der Waals surface area contributed by atoms with Crippen molar-refractivity contribution >= 4 is 28.1 Å². The molecule has 102 valence electrons. The van der Waals surface area contributed by atoms with Crippen molar-refractivity contribution in [2.24, 2.45) is 0 Å². The Balaban J connectivity index is 2.36. The van der Waals surface area contributed by atoms with Crippen LogP contribution in [0.2, 0.25) is 5.02 Å². The van der Waals surface area contributed by atoms with E-state index >= 15 is 0 Å². The topological polar surface area (TPSA) is 24.6 Å². The summed E-state index contributed by atoms with van der Waals surface area (Å²) in [5.41, 5.74) is 3.16. The molecule has 21 heavy (non-hydrogen) atoms. The van der Waals surface area contributed by atoms with Crippen molar-refractivity contribution in [3.8, 4) is 16.9 Å². The third-order valence-corrected chi connectivity index (χ3v) is 3.79. The number of phenols is 1. The van der Waals surface area contributed by atoms with Gasteiger partial charge in [-0.2, -0.15) is 0 Å². The number of hydrogen-bond acceptors (Lipinski definition) is 1. The van der Waals surface area contributed by atoms with Crippen LogP contribution >= 0.6 is 11.6 Å². The molecule has 0 heterocycles. The number of rotatable bonds is 1. The number of phenolic OH excluding ortho intramolecular Hbond substituents is 1. The Morgan fingerprint density at radius 3 is 2.57 bits per heavy atom. The summed E-state index contributed by atoms with van der Waals surface area (Å²) in [7, 11) is 0. The Labute approximate surface area is 128 Å². The molecular formula is C18H12ClNO. The summed E-state index contributed by atoms with van der Waals surface area (Å²) in [6, 6.07) is 14.8. The van der Waals surface area contributed by atoms with Gasteiger partial charge in [0.05, 0.1) is 6.57 Å². The van der Waals surface area contributed by atoms with Gasteiger partial charge >= 0.3 is 0 Å². The summed E-state index contributed by atoms with van der Waals surface area (Å²) >= 11 is 6.10. The lowest BCUT2D eigenvalue weighted by Gasteiger charge is -2.10. The molecule has 3 aromatic rings. The lowest BCUT2D eigenvalue weighted by atomic mass is 9.96. The zero-order valence-electron chi connectivity index (χ0n) is 11.4. The van der Waals surface area contributed by atoms with Crippen LogP contribution in [0.1, 0.15) is 5.56 Å². The third kappa shape index (κ3) is 2.44. The lowest BCUT2D eigenvalue weighted by Crippen LogP contribution is -1.83. The van der Waals surface area contributed by atoms with Gasteiger partial charge in [-0.1, -0.05) is 29.8 Å². The van der Waals surface area contributed by atoms with Crippen LogP contribution in [0.4, 0.5) is 5.69 Å². The Hall–Kier alpha value is -2.50. The second-order valence-electron chi connectivity index (χ2n) is 4.97. The van der Waals surface area contributed by atoms with E-state index in [0.29, 0.717) is 10.7 Å². The number of hydrogen-bond donors (Lipinski definition) is 1. The van der Waals surface area contributed by atoms with Crippen LogP contribution in [0.25, 0.3) is 26.7 Å². The molecule has 0 fully saturated rings. The molecule has 0 atom stereocenters. The lowest BCUT2D eigenvalue weighted by molar-refractivity contribution is 0.471. The van der Waals surface area contributed by atoms with E-state index < -0.39 is 0 Å². The largest absolute Gasteiger partial charge is 0.508 e. The van der Waals surface area contributed by atoms with E-state index in [1.165, 1.54) is 0 Å². The van der Waals surface area contributed by atoms with Crippen molar-refractivity contribution in [3.63, 3.8) is 0 Å². The normalized spacial score (nSPS) is 10.5. The van der Waals surface area contributed by atoms with Crippen LogP contribution in [0.15, 0.2) is 48.5 Å². The van der Waals surface area contributed by atoms with Crippen LogP contribution < -0.4 is 0 Å². The van der Waals surface area contributed by atoms with Crippen LogP contribution in [0, 0.1) is 13.5 Å². The number of aryl methyl sites for hydroxylation is 1. The van der Waals surface area contributed by atoms with Gasteiger partial charge in [0.25, 0.3) is 0 Å².